The van der Waals surface area contributed by atoms with Gasteiger partial charge in [0.1, 0.15) is 5.69 Å². The molecule has 0 atom stereocenters. The van der Waals surface area contributed by atoms with Crippen LogP contribution in [0, 0.1) is 6.92 Å². The van der Waals surface area contributed by atoms with E-state index in [0.717, 1.165) is 37.6 Å². The van der Waals surface area contributed by atoms with Crippen LogP contribution in [-0.2, 0) is 0 Å². The number of fused-ring (bicyclic) bond motifs is 1. The van der Waals surface area contributed by atoms with Crippen molar-refractivity contribution in [1.29, 1.82) is 0 Å². The summed E-state index contributed by atoms with van der Waals surface area (Å²) >= 11 is 1.61. The molecule has 96 valence electrons. The highest BCUT2D eigenvalue weighted by atomic mass is 32.1. The third-order valence-electron chi connectivity index (χ3n) is 3.12. The predicted octanol–water partition coefficient (Wildman–Crippen LogP) is 1.14. The topological polar surface area (TPSA) is 49.6 Å². The molecule has 2 aromatic rings. The third kappa shape index (κ3) is 2.13. The van der Waals surface area contributed by atoms with Gasteiger partial charge in [-0.1, -0.05) is 0 Å². The van der Waals surface area contributed by atoms with Crippen molar-refractivity contribution in [3.63, 3.8) is 0 Å². The highest BCUT2D eigenvalue weighted by molar-refractivity contribution is 7.17. The van der Waals surface area contributed by atoms with Crippen LogP contribution in [-0.4, -0.2) is 46.4 Å². The van der Waals surface area contributed by atoms with E-state index < -0.39 is 0 Å². The number of aromatic nitrogens is 2. The molecule has 3 heterocycles. The van der Waals surface area contributed by atoms with E-state index in [1.54, 1.807) is 11.3 Å². The average Bonchev–Trinajstić information content (AvgIpc) is 2.75. The molecule has 6 heteroatoms. The lowest BCUT2D eigenvalue weighted by atomic mass is 10.3. The van der Waals surface area contributed by atoms with Crippen LogP contribution in [0.25, 0.3) is 4.96 Å². The molecular weight excluding hydrogens is 248 g/mol. The molecule has 0 aliphatic carbocycles. The zero-order valence-electron chi connectivity index (χ0n) is 10.3. The van der Waals surface area contributed by atoms with Gasteiger partial charge in [-0.05, 0) is 19.9 Å². The lowest BCUT2D eigenvalue weighted by molar-refractivity contribution is 0.0761. The molecule has 1 aliphatic rings. The van der Waals surface area contributed by atoms with Crippen molar-refractivity contribution in [2.75, 3.05) is 26.2 Å². The number of aryl methyl sites for hydroxylation is 1. The van der Waals surface area contributed by atoms with Crippen molar-refractivity contribution < 1.29 is 4.79 Å². The molecule has 2 aromatic heterocycles. The standard InChI is InChI=1S/C12H16N4OS/c1-9-7-16-8-10(14-12(16)18-9)11(17)15-5-2-3-13-4-6-15/h7-8,13H,2-6H2,1H3. The quantitative estimate of drug-likeness (QED) is 0.840. The SMILES string of the molecule is Cc1cn2cc(C(=O)N3CCCNCC3)nc2s1. The van der Waals surface area contributed by atoms with Gasteiger partial charge in [-0.15, -0.1) is 11.3 Å². The molecule has 3 rings (SSSR count). The minimum absolute atomic E-state index is 0.0484. The van der Waals surface area contributed by atoms with Gasteiger partial charge >= 0.3 is 0 Å². The zero-order chi connectivity index (χ0) is 12.5. The van der Waals surface area contributed by atoms with Crippen molar-refractivity contribution in [3.8, 4) is 0 Å². The van der Waals surface area contributed by atoms with E-state index in [1.807, 2.05) is 28.6 Å². The summed E-state index contributed by atoms with van der Waals surface area (Å²) in [4.78, 5) is 20.7. The molecule has 0 saturated carbocycles. The van der Waals surface area contributed by atoms with Crippen LogP contribution in [0.5, 0.6) is 0 Å². The second-order valence-electron chi connectivity index (χ2n) is 4.55. The van der Waals surface area contributed by atoms with Gasteiger partial charge in [0.2, 0.25) is 0 Å². The van der Waals surface area contributed by atoms with E-state index in [1.165, 1.54) is 4.88 Å². The van der Waals surface area contributed by atoms with Gasteiger partial charge < -0.3 is 10.2 Å². The first-order chi connectivity index (χ1) is 8.74. The predicted molar refractivity (Wildman–Crippen MR) is 71.2 cm³/mol. The Labute approximate surface area is 109 Å². The second-order valence-corrected chi connectivity index (χ2v) is 5.77. The van der Waals surface area contributed by atoms with Gasteiger partial charge in [-0.2, -0.15) is 0 Å². The molecule has 0 spiro atoms. The number of thiazole rings is 1. The summed E-state index contributed by atoms with van der Waals surface area (Å²) in [5.74, 6) is 0.0484. The van der Waals surface area contributed by atoms with Crippen LogP contribution in [0.2, 0.25) is 0 Å². The van der Waals surface area contributed by atoms with Crippen molar-refractivity contribution >= 4 is 22.2 Å². The lowest BCUT2D eigenvalue weighted by Crippen LogP contribution is -2.34. The van der Waals surface area contributed by atoms with Gasteiger partial charge in [0.25, 0.3) is 5.91 Å². The fourth-order valence-corrected chi connectivity index (χ4v) is 3.03. The number of hydrogen-bond acceptors (Lipinski definition) is 4. The Kier molecular flexibility index (Phi) is 3.05. The van der Waals surface area contributed by atoms with Crippen LogP contribution >= 0.6 is 11.3 Å². The normalized spacial score (nSPS) is 17.1. The molecule has 0 radical (unpaired) electrons. The van der Waals surface area contributed by atoms with Crippen LogP contribution in [0.4, 0.5) is 0 Å². The number of hydrogen-bond donors (Lipinski definition) is 1. The van der Waals surface area contributed by atoms with Gasteiger partial charge in [0.05, 0.1) is 0 Å². The number of rotatable bonds is 1. The number of amides is 1. The number of imidazole rings is 1. The van der Waals surface area contributed by atoms with Crippen LogP contribution in [0.3, 0.4) is 0 Å². The third-order valence-corrected chi connectivity index (χ3v) is 4.03. The van der Waals surface area contributed by atoms with Crippen LogP contribution < -0.4 is 5.32 Å². The Bertz CT molecular complexity index is 534. The number of carbonyl (C=O) groups excluding carboxylic acids is 1. The van der Waals surface area contributed by atoms with Crippen molar-refractivity contribution in [3.05, 3.63) is 23.0 Å². The molecule has 18 heavy (non-hydrogen) atoms. The first-order valence-corrected chi connectivity index (χ1v) is 7.01. The minimum Gasteiger partial charge on any atom is -0.336 e. The molecular formula is C12H16N4OS. The maximum Gasteiger partial charge on any atom is 0.274 e. The Hall–Kier alpha value is -1.40. The fourth-order valence-electron chi connectivity index (χ4n) is 2.22. The summed E-state index contributed by atoms with van der Waals surface area (Å²) in [6.07, 6.45) is 4.85. The Morgan fingerprint density at radius 3 is 3.11 bits per heavy atom. The van der Waals surface area contributed by atoms with Crippen LogP contribution in [0.1, 0.15) is 21.8 Å². The number of nitrogens with zero attached hydrogens (tertiary/aromatic N) is 3. The molecule has 1 fully saturated rings. The summed E-state index contributed by atoms with van der Waals surface area (Å²) in [6.45, 7) is 5.48. The summed E-state index contributed by atoms with van der Waals surface area (Å²) < 4.78 is 1.93. The summed E-state index contributed by atoms with van der Waals surface area (Å²) in [5, 5.41) is 3.30. The number of carbonyl (C=O) groups is 1. The van der Waals surface area contributed by atoms with Gasteiger partial charge in [-0.3, -0.25) is 9.20 Å². The van der Waals surface area contributed by atoms with Crippen molar-refractivity contribution in [2.45, 2.75) is 13.3 Å². The molecule has 1 aliphatic heterocycles. The van der Waals surface area contributed by atoms with Gasteiger partial charge in [0, 0.05) is 36.9 Å². The second kappa shape index (κ2) is 4.70. The Balaban J connectivity index is 1.83. The first kappa shape index (κ1) is 11.7. The Morgan fingerprint density at radius 2 is 2.28 bits per heavy atom. The highest BCUT2D eigenvalue weighted by Gasteiger charge is 2.20. The van der Waals surface area contributed by atoms with Gasteiger partial charge in [0.15, 0.2) is 4.96 Å². The van der Waals surface area contributed by atoms with E-state index in [-0.39, 0.29) is 5.91 Å². The van der Waals surface area contributed by atoms with E-state index in [4.69, 9.17) is 0 Å². The maximum atomic E-state index is 12.3. The van der Waals surface area contributed by atoms with Gasteiger partial charge in [-0.25, -0.2) is 4.98 Å². The lowest BCUT2D eigenvalue weighted by Gasteiger charge is -2.18. The molecule has 0 aromatic carbocycles. The van der Waals surface area contributed by atoms with E-state index in [2.05, 4.69) is 10.3 Å². The van der Waals surface area contributed by atoms with Crippen molar-refractivity contribution in [1.82, 2.24) is 19.6 Å². The first-order valence-electron chi connectivity index (χ1n) is 6.19. The molecule has 0 bridgehead atoms. The molecule has 5 nitrogen and oxygen atoms in total. The summed E-state index contributed by atoms with van der Waals surface area (Å²) in [5.41, 5.74) is 0.558. The molecule has 0 unspecified atom stereocenters. The monoisotopic (exact) mass is 264 g/mol. The smallest absolute Gasteiger partial charge is 0.274 e. The number of nitrogens with one attached hydrogen (secondary N) is 1. The van der Waals surface area contributed by atoms with E-state index in [0.29, 0.717) is 5.69 Å². The molecule has 1 N–H and O–H groups in total. The Morgan fingerprint density at radius 1 is 1.39 bits per heavy atom. The fraction of sp³-hybridized carbons (Fsp3) is 0.500. The molecule has 1 saturated heterocycles. The van der Waals surface area contributed by atoms with Crippen molar-refractivity contribution in [2.24, 2.45) is 0 Å². The highest BCUT2D eigenvalue weighted by Crippen LogP contribution is 2.17. The van der Waals surface area contributed by atoms with Crippen LogP contribution in [0.15, 0.2) is 12.4 Å². The summed E-state index contributed by atoms with van der Waals surface area (Å²) in [6, 6.07) is 0. The largest absolute Gasteiger partial charge is 0.336 e. The van der Waals surface area contributed by atoms with E-state index >= 15 is 0 Å². The van der Waals surface area contributed by atoms with E-state index in [9.17, 15) is 4.79 Å². The summed E-state index contributed by atoms with van der Waals surface area (Å²) in [7, 11) is 0. The molecule has 1 amide bonds. The minimum atomic E-state index is 0.0484. The average molecular weight is 264 g/mol. The zero-order valence-corrected chi connectivity index (χ0v) is 11.2. The maximum absolute atomic E-state index is 12.3.